The molecule has 2 rings (SSSR count). The lowest BCUT2D eigenvalue weighted by Gasteiger charge is -2.20. The van der Waals surface area contributed by atoms with Gasteiger partial charge in [-0.15, -0.1) is 11.3 Å². The molecule has 2 unspecified atom stereocenters. The van der Waals surface area contributed by atoms with Crippen molar-refractivity contribution in [3.05, 3.63) is 29.3 Å². The number of aromatic nitrogens is 1. The van der Waals surface area contributed by atoms with E-state index in [2.05, 4.69) is 35.6 Å². The number of fused-ring (bicyclic) bond motifs is 1. The minimum atomic E-state index is 0.157. The number of thiophene rings is 1. The van der Waals surface area contributed by atoms with E-state index in [1.807, 2.05) is 12.3 Å². The Morgan fingerprint density at radius 1 is 1.53 bits per heavy atom. The van der Waals surface area contributed by atoms with Crippen molar-refractivity contribution in [3.8, 4) is 0 Å². The van der Waals surface area contributed by atoms with Crippen LogP contribution in [0, 0.1) is 0 Å². The van der Waals surface area contributed by atoms with Gasteiger partial charge in [-0.1, -0.05) is 6.92 Å². The number of nitrogens with one attached hydrogen (secondary N) is 1. The molecule has 2 heterocycles. The molecule has 0 aromatic carbocycles. The Morgan fingerprint density at radius 2 is 2.35 bits per heavy atom. The first-order chi connectivity index (χ1) is 8.24. The zero-order chi connectivity index (χ0) is 12.3. The zero-order valence-corrected chi connectivity index (χ0v) is 11.0. The number of pyridine rings is 1. The highest BCUT2D eigenvalue weighted by Crippen LogP contribution is 2.22. The number of rotatable bonds is 5. The molecule has 0 saturated carbocycles. The van der Waals surface area contributed by atoms with Gasteiger partial charge in [0.1, 0.15) is 0 Å². The molecule has 0 spiro atoms. The molecular weight excluding hydrogens is 232 g/mol. The van der Waals surface area contributed by atoms with E-state index in [1.165, 1.54) is 10.3 Å². The van der Waals surface area contributed by atoms with Gasteiger partial charge in [0.05, 0.1) is 16.8 Å². The fourth-order valence-corrected chi connectivity index (χ4v) is 2.64. The third kappa shape index (κ3) is 2.83. The number of hydrogen-bond acceptors (Lipinski definition) is 4. The Hall–Kier alpha value is -0.970. The van der Waals surface area contributed by atoms with Crippen LogP contribution < -0.4 is 5.32 Å². The molecule has 3 nitrogen and oxygen atoms in total. The van der Waals surface area contributed by atoms with Gasteiger partial charge in [0.25, 0.3) is 0 Å². The second-order valence-corrected chi connectivity index (χ2v) is 5.20. The van der Waals surface area contributed by atoms with Crippen molar-refractivity contribution in [2.24, 2.45) is 0 Å². The molecule has 0 fully saturated rings. The highest BCUT2D eigenvalue weighted by Gasteiger charge is 2.11. The van der Waals surface area contributed by atoms with Gasteiger partial charge in [-0.3, -0.25) is 4.98 Å². The monoisotopic (exact) mass is 250 g/mol. The fourth-order valence-electron chi connectivity index (χ4n) is 1.85. The van der Waals surface area contributed by atoms with E-state index in [0.29, 0.717) is 0 Å². The Morgan fingerprint density at radius 3 is 3.06 bits per heavy atom. The standard InChI is InChI=1S/C13H18N2OS/c1-3-11(8-16)15-9(2)10-6-13-12(14-7-10)4-5-17-13/h4-7,9,11,15-16H,3,8H2,1-2H3. The highest BCUT2D eigenvalue weighted by atomic mass is 32.1. The van der Waals surface area contributed by atoms with Crippen LogP contribution in [0.5, 0.6) is 0 Å². The van der Waals surface area contributed by atoms with Gasteiger partial charge in [-0.05, 0) is 36.4 Å². The van der Waals surface area contributed by atoms with Crippen molar-refractivity contribution in [1.82, 2.24) is 10.3 Å². The van der Waals surface area contributed by atoms with Crippen LogP contribution in [0.25, 0.3) is 10.2 Å². The van der Waals surface area contributed by atoms with E-state index >= 15 is 0 Å². The molecule has 2 aromatic heterocycles. The van der Waals surface area contributed by atoms with Crippen molar-refractivity contribution >= 4 is 21.6 Å². The second kappa shape index (κ2) is 5.58. The minimum absolute atomic E-state index is 0.157. The molecule has 0 bridgehead atoms. The maximum Gasteiger partial charge on any atom is 0.0809 e. The molecule has 0 radical (unpaired) electrons. The van der Waals surface area contributed by atoms with Crippen molar-refractivity contribution in [2.45, 2.75) is 32.4 Å². The maximum atomic E-state index is 9.18. The third-order valence-corrected chi connectivity index (χ3v) is 3.88. The molecule has 0 amide bonds. The van der Waals surface area contributed by atoms with Crippen molar-refractivity contribution in [2.75, 3.05) is 6.61 Å². The molecule has 0 aliphatic heterocycles. The van der Waals surface area contributed by atoms with E-state index < -0.39 is 0 Å². The van der Waals surface area contributed by atoms with E-state index in [-0.39, 0.29) is 18.7 Å². The minimum Gasteiger partial charge on any atom is -0.395 e. The van der Waals surface area contributed by atoms with E-state index in [0.717, 1.165) is 11.9 Å². The predicted molar refractivity (Wildman–Crippen MR) is 72.3 cm³/mol. The lowest BCUT2D eigenvalue weighted by molar-refractivity contribution is 0.230. The summed E-state index contributed by atoms with van der Waals surface area (Å²) in [7, 11) is 0. The summed E-state index contributed by atoms with van der Waals surface area (Å²) in [5.41, 5.74) is 2.23. The topological polar surface area (TPSA) is 45.1 Å². The average Bonchev–Trinajstić information content (AvgIpc) is 2.82. The van der Waals surface area contributed by atoms with Crippen molar-refractivity contribution in [1.29, 1.82) is 0 Å². The van der Waals surface area contributed by atoms with Gasteiger partial charge >= 0.3 is 0 Å². The van der Waals surface area contributed by atoms with Crippen LogP contribution in [0.15, 0.2) is 23.7 Å². The summed E-state index contributed by atoms with van der Waals surface area (Å²) in [5, 5.41) is 14.6. The largest absolute Gasteiger partial charge is 0.395 e. The van der Waals surface area contributed by atoms with Gasteiger partial charge in [0.2, 0.25) is 0 Å². The summed E-state index contributed by atoms with van der Waals surface area (Å²) in [6.45, 7) is 4.35. The molecule has 0 saturated heterocycles. The van der Waals surface area contributed by atoms with Gasteiger partial charge in [-0.25, -0.2) is 0 Å². The lowest BCUT2D eigenvalue weighted by atomic mass is 10.1. The van der Waals surface area contributed by atoms with Gasteiger partial charge in [-0.2, -0.15) is 0 Å². The first kappa shape index (κ1) is 12.5. The maximum absolute atomic E-state index is 9.18. The Balaban J connectivity index is 2.14. The highest BCUT2D eigenvalue weighted by molar-refractivity contribution is 7.17. The normalized spacial score (nSPS) is 15.0. The Labute approximate surface area is 106 Å². The number of aliphatic hydroxyl groups is 1. The predicted octanol–water partition coefficient (Wildman–Crippen LogP) is 2.72. The van der Waals surface area contributed by atoms with Crippen molar-refractivity contribution < 1.29 is 5.11 Å². The summed E-state index contributed by atoms with van der Waals surface area (Å²) in [6, 6.07) is 4.58. The van der Waals surface area contributed by atoms with Crippen LogP contribution >= 0.6 is 11.3 Å². The van der Waals surface area contributed by atoms with Gasteiger partial charge < -0.3 is 10.4 Å². The number of hydrogen-bond donors (Lipinski definition) is 2. The van der Waals surface area contributed by atoms with E-state index in [4.69, 9.17) is 0 Å². The number of nitrogens with zero attached hydrogens (tertiary/aromatic N) is 1. The summed E-state index contributed by atoms with van der Waals surface area (Å²) in [6.07, 6.45) is 2.84. The van der Waals surface area contributed by atoms with Gasteiger partial charge in [0, 0.05) is 18.3 Å². The van der Waals surface area contributed by atoms with Crippen molar-refractivity contribution in [3.63, 3.8) is 0 Å². The van der Waals surface area contributed by atoms with Gasteiger partial charge in [0.15, 0.2) is 0 Å². The molecule has 0 aliphatic rings. The lowest BCUT2D eigenvalue weighted by Crippen LogP contribution is -2.33. The van der Waals surface area contributed by atoms with Crippen LogP contribution in [0.1, 0.15) is 31.9 Å². The smallest absolute Gasteiger partial charge is 0.0809 e. The first-order valence-corrected chi connectivity index (χ1v) is 6.82. The average molecular weight is 250 g/mol. The molecule has 2 aromatic rings. The summed E-state index contributed by atoms with van der Waals surface area (Å²) >= 11 is 1.71. The van der Waals surface area contributed by atoms with Crippen LogP contribution in [0.2, 0.25) is 0 Å². The Bertz CT molecular complexity index is 479. The molecular formula is C13H18N2OS. The number of aliphatic hydroxyl groups excluding tert-OH is 1. The molecule has 0 aliphatic carbocycles. The second-order valence-electron chi connectivity index (χ2n) is 4.25. The molecule has 4 heteroatoms. The first-order valence-electron chi connectivity index (χ1n) is 5.94. The van der Waals surface area contributed by atoms with Crippen LogP contribution in [-0.2, 0) is 0 Å². The Kier molecular flexibility index (Phi) is 4.10. The summed E-state index contributed by atoms with van der Waals surface area (Å²) in [5.74, 6) is 0. The molecule has 17 heavy (non-hydrogen) atoms. The molecule has 2 N–H and O–H groups in total. The zero-order valence-electron chi connectivity index (χ0n) is 10.2. The van der Waals surface area contributed by atoms with Crippen LogP contribution in [0.3, 0.4) is 0 Å². The van der Waals surface area contributed by atoms with Crippen LogP contribution in [-0.4, -0.2) is 22.7 Å². The SMILES string of the molecule is CCC(CO)NC(C)c1cnc2ccsc2c1. The van der Waals surface area contributed by atoms with Crippen LogP contribution in [0.4, 0.5) is 0 Å². The quantitative estimate of drug-likeness (QED) is 0.857. The molecule has 2 atom stereocenters. The summed E-state index contributed by atoms with van der Waals surface area (Å²) < 4.78 is 1.22. The fraction of sp³-hybridized carbons (Fsp3) is 0.462. The molecule has 92 valence electrons. The summed E-state index contributed by atoms with van der Waals surface area (Å²) in [4.78, 5) is 4.43. The van der Waals surface area contributed by atoms with E-state index in [9.17, 15) is 5.11 Å². The van der Waals surface area contributed by atoms with E-state index in [1.54, 1.807) is 11.3 Å². The third-order valence-electron chi connectivity index (χ3n) is 3.02.